The highest BCUT2D eigenvalue weighted by Gasteiger charge is 2.36. The first kappa shape index (κ1) is 21.0. The molecule has 0 spiro atoms. The van der Waals surface area contributed by atoms with Gasteiger partial charge in [0.05, 0.1) is 24.4 Å². The Hall–Kier alpha value is -3.91. The number of aromatic nitrogens is 2. The second-order valence-corrected chi connectivity index (χ2v) is 7.97. The van der Waals surface area contributed by atoms with E-state index in [0.29, 0.717) is 27.6 Å². The number of allylic oxidation sites excluding steroid dienone is 1. The molecule has 1 N–H and O–H groups in total. The summed E-state index contributed by atoms with van der Waals surface area (Å²) in [6.45, 7) is 2.04. The zero-order valence-electron chi connectivity index (χ0n) is 17.5. The summed E-state index contributed by atoms with van der Waals surface area (Å²) >= 11 is 6.06. The Kier molecular flexibility index (Phi) is 5.43. The third kappa shape index (κ3) is 4.12. The number of nitrogens with one attached hydrogen (secondary N) is 1. The van der Waals surface area contributed by atoms with Crippen molar-refractivity contribution in [3.63, 3.8) is 0 Å². The molecule has 5 rings (SSSR count). The second-order valence-electron chi connectivity index (χ2n) is 7.53. The third-order valence-corrected chi connectivity index (χ3v) is 5.68. The minimum Gasteiger partial charge on any atom is -0.467 e. The van der Waals surface area contributed by atoms with Crippen LogP contribution in [0.2, 0.25) is 5.02 Å². The van der Waals surface area contributed by atoms with E-state index in [4.69, 9.17) is 20.5 Å². The van der Waals surface area contributed by atoms with Crippen LogP contribution in [-0.4, -0.2) is 21.1 Å². The second kappa shape index (κ2) is 8.55. The van der Waals surface area contributed by atoms with Crippen LogP contribution in [-0.2, 0) is 6.54 Å². The van der Waals surface area contributed by atoms with Crippen LogP contribution in [0.5, 0.6) is 0 Å². The van der Waals surface area contributed by atoms with Crippen LogP contribution in [0.25, 0.3) is 17.0 Å². The molecule has 4 aromatic rings. The van der Waals surface area contributed by atoms with Gasteiger partial charge in [0, 0.05) is 16.3 Å². The van der Waals surface area contributed by atoms with Gasteiger partial charge in [-0.2, -0.15) is 4.98 Å². The molecular formula is C24H18ClFN4O3. The molecule has 0 bridgehead atoms. The topological polar surface area (TPSA) is 84.4 Å². The number of benzene rings is 2. The highest BCUT2D eigenvalue weighted by molar-refractivity contribution is 6.30. The van der Waals surface area contributed by atoms with Crippen LogP contribution in [0.1, 0.15) is 30.2 Å². The van der Waals surface area contributed by atoms with E-state index in [-0.39, 0.29) is 24.3 Å². The van der Waals surface area contributed by atoms with Gasteiger partial charge in [-0.1, -0.05) is 41.0 Å². The Balaban J connectivity index is 1.60. The zero-order valence-corrected chi connectivity index (χ0v) is 18.2. The lowest BCUT2D eigenvalue weighted by Crippen LogP contribution is -2.45. The molecule has 0 radical (unpaired) electrons. The Bertz CT molecular complexity index is 1330. The molecule has 1 aliphatic heterocycles. The number of hydrogen-bond acceptors (Lipinski definition) is 5. The molecule has 3 heterocycles. The Morgan fingerprint density at radius 1 is 1.15 bits per heavy atom. The maximum absolute atomic E-state index is 13.7. The van der Waals surface area contributed by atoms with Gasteiger partial charge in [0.1, 0.15) is 11.6 Å². The fourth-order valence-electron chi connectivity index (χ4n) is 3.79. The molecule has 166 valence electrons. The van der Waals surface area contributed by atoms with Crippen LogP contribution in [0.15, 0.2) is 81.6 Å². The molecule has 2 aromatic carbocycles. The van der Waals surface area contributed by atoms with Crippen molar-refractivity contribution >= 4 is 23.2 Å². The van der Waals surface area contributed by atoms with E-state index >= 15 is 0 Å². The first-order valence-corrected chi connectivity index (χ1v) is 10.5. The van der Waals surface area contributed by atoms with Gasteiger partial charge < -0.3 is 14.3 Å². The van der Waals surface area contributed by atoms with Crippen molar-refractivity contribution in [1.82, 2.24) is 20.4 Å². The van der Waals surface area contributed by atoms with Crippen LogP contribution in [0.3, 0.4) is 0 Å². The standard InChI is InChI=1S/C24H18ClFN4O3/c1-14-20(23-28-22(29-33-23)16-4-2-5-18(26)12-16)21(15-7-9-17(25)10-8-15)27-24(31)30(14)13-19-6-3-11-32-19/h2-12,21H,13H2,1H3,(H,27,31). The monoisotopic (exact) mass is 464 g/mol. The van der Waals surface area contributed by atoms with Crippen molar-refractivity contribution in [3.05, 3.63) is 101 Å². The fraction of sp³-hybridized carbons (Fsp3) is 0.125. The Labute approximate surface area is 193 Å². The first-order valence-electron chi connectivity index (χ1n) is 10.2. The quantitative estimate of drug-likeness (QED) is 0.402. The summed E-state index contributed by atoms with van der Waals surface area (Å²) in [6.07, 6.45) is 1.55. The van der Waals surface area contributed by atoms with Gasteiger partial charge in [0.2, 0.25) is 5.82 Å². The number of carbonyl (C=O) groups is 1. The lowest BCUT2D eigenvalue weighted by atomic mass is 9.94. The maximum atomic E-state index is 13.7. The normalized spacial score (nSPS) is 16.3. The van der Waals surface area contributed by atoms with Gasteiger partial charge in [0.25, 0.3) is 5.89 Å². The van der Waals surface area contributed by atoms with Gasteiger partial charge in [-0.3, -0.25) is 4.90 Å². The summed E-state index contributed by atoms with van der Waals surface area (Å²) in [6, 6.07) is 15.8. The molecule has 1 atom stereocenters. The average Bonchev–Trinajstić information content (AvgIpc) is 3.49. The minimum absolute atomic E-state index is 0.219. The molecule has 33 heavy (non-hydrogen) atoms. The van der Waals surface area contributed by atoms with Crippen molar-refractivity contribution in [3.8, 4) is 11.4 Å². The average molecular weight is 465 g/mol. The van der Waals surface area contributed by atoms with Crippen LogP contribution < -0.4 is 5.32 Å². The molecule has 0 saturated carbocycles. The summed E-state index contributed by atoms with van der Waals surface area (Å²) in [4.78, 5) is 19.1. The Morgan fingerprint density at radius 2 is 1.97 bits per heavy atom. The van der Waals surface area contributed by atoms with E-state index in [1.54, 1.807) is 47.6 Å². The van der Waals surface area contributed by atoms with Crippen molar-refractivity contribution in [2.45, 2.75) is 19.5 Å². The van der Waals surface area contributed by atoms with E-state index in [1.165, 1.54) is 12.1 Å². The van der Waals surface area contributed by atoms with E-state index in [0.717, 1.165) is 5.56 Å². The molecule has 2 aromatic heterocycles. The third-order valence-electron chi connectivity index (χ3n) is 5.43. The summed E-state index contributed by atoms with van der Waals surface area (Å²) in [5.41, 5.74) is 2.53. The van der Waals surface area contributed by atoms with Gasteiger partial charge in [-0.25, -0.2) is 9.18 Å². The summed E-state index contributed by atoms with van der Waals surface area (Å²) in [5, 5.41) is 7.63. The summed E-state index contributed by atoms with van der Waals surface area (Å²) in [5.74, 6) is 0.688. The molecule has 1 aliphatic rings. The van der Waals surface area contributed by atoms with Crippen molar-refractivity contribution in [2.24, 2.45) is 0 Å². The number of amides is 2. The summed E-state index contributed by atoms with van der Waals surface area (Å²) < 4.78 is 24.7. The molecule has 0 fully saturated rings. The Morgan fingerprint density at radius 3 is 2.70 bits per heavy atom. The lowest BCUT2D eigenvalue weighted by Gasteiger charge is -2.34. The van der Waals surface area contributed by atoms with Crippen molar-refractivity contribution in [2.75, 3.05) is 0 Å². The van der Waals surface area contributed by atoms with E-state index in [2.05, 4.69) is 15.5 Å². The zero-order chi connectivity index (χ0) is 22.9. The number of hydrogen-bond donors (Lipinski definition) is 1. The molecule has 9 heteroatoms. The molecule has 0 saturated heterocycles. The minimum atomic E-state index is -0.552. The highest BCUT2D eigenvalue weighted by atomic mass is 35.5. The van der Waals surface area contributed by atoms with Gasteiger partial charge >= 0.3 is 6.03 Å². The van der Waals surface area contributed by atoms with Gasteiger partial charge in [-0.15, -0.1) is 0 Å². The molecule has 2 amide bonds. The number of nitrogens with zero attached hydrogens (tertiary/aromatic N) is 3. The molecule has 7 nitrogen and oxygen atoms in total. The van der Waals surface area contributed by atoms with E-state index in [9.17, 15) is 9.18 Å². The smallest absolute Gasteiger partial charge is 0.322 e. The van der Waals surface area contributed by atoms with Crippen LogP contribution in [0.4, 0.5) is 9.18 Å². The van der Waals surface area contributed by atoms with Crippen LogP contribution in [0, 0.1) is 5.82 Å². The van der Waals surface area contributed by atoms with Crippen molar-refractivity contribution in [1.29, 1.82) is 0 Å². The predicted molar refractivity (Wildman–Crippen MR) is 119 cm³/mol. The van der Waals surface area contributed by atoms with Crippen molar-refractivity contribution < 1.29 is 18.1 Å². The lowest BCUT2D eigenvalue weighted by molar-refractivity contribution is 0.199. The molecule has 0 aliphatic carbocycles. The molecule has 1 unspecified atom stereocenters. The fourth-order valence-corrected chi connectivity index (χ4v) is 3.92. The number of urea groups is 1. The SMILES string of the molecule is CC1=C(c2nc(-c3cccc(F)c3)no2)C(c2ccc(Cl)cc2)NC(=O)N1Cc1ccco1. The van der Waals surface area contributed by atoms with Crippen LogP contribution >= 0.6 is 11.6 Å². The first-order chi connectivity index (χ1) is 16.0. The van der Waals surface area contributed by atoms with Gasteiger partial charge in [-0.05, 0) is 48.9 Å². The number of halogens is 2. The number of furan rings is 1. The van der Waals surface area contributed by atoms with E-state index < -0.39 is 11.9 Å². The number of carbonyl (C=O) groups excluding carboxylic acids is 1. The predicted octanol–water partition coefficient (Wildman–Crippen LogP) is 5.82. The largest absolute Gasteiger partial charge is 0.467 e. The van der Waals surface area contributed by atoms with E-state index in [1.807, 2.05) is 19.1 Å². The maximum Gasteiger partial charge on any atom is 0.322 e. The number of rotatable bonds is 5. The summed E-state index contributed by atoms with van der Waals surface area (Å²) in [7, 11) is 0. The highest BCUT2D eigenvalue weighted by Crippen LogP contribution is 2.38. The molecular weight excluding hydrogens is 447 g/mol. The van der Waals surface area contributed by atoms with Gasteiger partial charge in [0.15, 0.2) is 0 Å².